The zero-order valence-electron chi connectivity index (χ0n) is 11.2. The molecule has 3 aromatic rings. The molecule has 3 rings (SSSR count). The van der Waals surface area contributed by atoms with Crippen molar-refractivity contribution in [3.8, 4) is 0 Å². The summed E-state index contributed by atoms with van der Waals surface area (Å²) in [7, 11) is 0. The number of hydrogen-bond donors (Lipinski definition) is 0. The highest BCUT2D eigenvalue weighted by Crippen LogP contribution is 2.25. The molecule has 0 atom stereocenters. The number of ether oxygens (including phenoxy) is 1. The van der Waals surface area contributed by atoms with Gasteiger partial charge < -0.3 is 9.15 Å². The summed E-state index contributed by atoms with van der Waals surface area (Å²) in [5.74, 6) is -0.710. The predicted molar refractivity (Wildman–Crippen MR) is 80.5 cm³/mol. The van der Waals surface area contributed by atoms with Gasteiger partial charge in [0.1, 0.15) is 17.8 Å². The van der Waals surface area contributed by atoms with Gasteiger partial charge in [-0.3, -0.25) is 0 Å². The second-order valence-corrected chi connectivity index (χ2v) is 4.53. The van der Waals surface area contributed by atoms with Crippen LogP contribution in [0.4, 0.5) is 0 Å². The first-order chi connectivity index (χ1) is 10.2. The molecule has 1 aromatic heterocycles. The van der Waals surface area contributed by atoms with Gasteiger partial charge in [-0.15, -0.1) is 0 Å². The van der Waals surface area contributed by atoms with Crippen LogP contribution < -0.4 is 5.63 Å². The van der Waals surface area contributed by atoms with Crippen LogP contribution in [-0.4, -0.2) is 12.6 Å². The zero-order chi connectivity index (χ0) is 14.8. The molecule has 0 bridgehead atoms. The van der Waals surface area contributed by atoms with Gasteiger partial charge >= 0.3 is 11.6 Å². The van der Waals surface area contributed by atoms with Crippen LogP contribution >= 0.6 is 0 Å². The van der Waals surface area contributed by atoms with E-state index in [2.05, 4.69) is 6.58 Å². The van der Waals surface area contributed by atoms with Gasteiger partial charge in [0.05, 0.1) is 0 Å². The number of esters is 1. The Labute approximate surface area is 120 Å². The number of carbonyl (C=O) groups excluding carboxylic acids is 1. The molecule has 0 fully saturated rings. The molecule has 0 aliphatic rings. The van der Waals surface area contributed by atoms with Gasteiger partial charge in [0, 0.05) is 5.39 Å². The van der Waals surface area contributed by atoms with Crippen LogP contribution in [-0.2, 0) is 4.74 Å². The van der Waals surface area contributed by atoms with Crippen molar-refractivity contribution >= 4 is 27.7 Å². The SMILES string of the molecule is C=CCOC(=O)c1cc2c(ccc3ccccc32)oc1=O. The average molecular weight is 280 g/mol. The van der Waals surface area contributed by atoms with Crippen LogP contribution in [0.3, 0.4) is 0 Å². The molecule has 0 amide bonds. The zero-order valence-corrected chi connectivity index (χ0v) is 11.2. The Kier molecular flexibility index (Phi) is 3.28. The molecule has 4 nitrogen and oxygen atoms in total. The molecular formula is C17H12O4. The van der Waals surface area contributed by atoms with Gasteiger partial charge in [-0.1, -0.05) is 43.0 Å². The maximum absolute atomic E-state index is 11.9. The van der Waals surface area contributed by atoms with E-state index in [1.165, 1.54) is 12.1 Å². The molecule has 0 aliphatic carbocycles. The molecule has 2 aromatic carbocycles. The standard InChI is InChI=1S/C17H12O4/c1-2-9-20-16(18)14-10-13-12-6-4-3-5-11(12)7-8-15(13)21-17(14)19/h2-8,10H,1,9H2. The van der Waals surface area contributed by atoms with Crippen molar-refractivity contribution < 1.29 is 13.9 Å². The van der Waals surface area contributed by atoms with Crippen LogP contribution in [0.2, 0.25) is 0 Å². The minimum atomic E-state index is -0.710. The fourth-order valence-corrected chi connectivity index (χ4v) is 2.23. The average Bonchev–Trinajstić information content (AvgIpc) is 2.51. The van der Waals surface area contributed by atoms with Gasteiger partial charge in [0.15, 0.2) is 0 Å². The minimum absolute atomic E-state index is 0.0475. The third-order valence-corrected chi connectivity index (χ3v) is 3.19. The first kappa shape index (κ1) is 13.1. The lowest BCUT2D eigenvalue weighted by molar-refractivity contribution is 0.0545. The Morgan fingerprint density at radius 1 is 1.19 bits per heavy atom. The van der Waals surface area contributed by atoms with Gasteiger partial charge in [0.2, 0.25) is 0 Å². The van der Waals surface area contributed by atoms with Gasteiger partial charge in [0.25, 0.3) is 0 Å². The van der Waals surface area contributed by atoms with Crippen LogP contribution in [0.1, 0.15) is 10.4 Å². The quantitative estimate of drug-likeness (QED) is 0.320. The number of rotatable bonds is 3. The Balaban J connectivity index is 2.25. The molecule has 0 radical (unpaired) electrons. The lowest BCUT2D eigenvalue weighted by Gasteiger charge is -2.05. The summed E-state index contributed by atoms with van der Waals surface area (Å²) in [6, 6.07) is 12.8. The Hall–Kier alpha value is -2.88. The monoisotopic (exact) mass is 280 g/mol. The highest BCUT2D eigenvalue weighted by atomic mass is 16.5. The third-order valence-electron chi connectivity index (χ3n) is 3.19. The molecule has 0 aliphatic heterocycles. The lowest BCUT2D eigenvalue weighted by Crippen LogP contribution is -2.16. The van der Waals surface area contributed by atoms with E-state index in [-0.39, 0.29) is 12.2 Å². The number of carbonyl (C=O) groups is 1. The van der Waals surface area contributed by atoms with E-state index < -0.39 is 11.6 Å². The highest BCUT2D eigenvalue weighted by molar-refractivity contribution is 6.07. The second kappa shape index (κ2) is 5.25. The lowest BCUT2D eigenvalue weighted by atomic mass is 10.0. The number of fused-ring (bicyclic) bond motifs is 3. The molecule has 0 saturated heterocycles. The fraction of sp³-hybridized carbons (Fsp3) is 0.0588. The first-order valence-corrected chi connectivity index (χ1v) is 6.44. The second-order valence-electron chi connectivity index (χ2n) is 4.53. The summed E-state index contributed by atoms with van der Waals surface area (Å²) < 4.78 is 10.1. The van der Waals surface area contributed by atoms with Crippen molar-refractivity contribution in [3.63, 3.8) is 0 Å². The molecule has 0 unspecified atom stereocenters. The van der Waals surface area contributed by atoms with Crippen molar-refractivity contribution in [3.05, 3.63) is 71.1 Å². The van der Waals surface area contributed by atoms with E-state index in [0.29, 0.717) is 11.0 Å². The first-order valence-electron chi connectivity index (χ1n) is 6.44. The summed E-state index contributed by atoms with van der Waals surface area (Å²) in [5.41, 5.74) is -0.369. The van der Waals surface area contributed by atoms with Crippen molar-refractivity contribution in [1.29, 1.82) is 0 Å². The van der Waals surface area contributed by atoms with Crippen LogP contribution in [0.15, 0.2) is 64.3 Å². The number of benzene rings is 2. The predicted octanol–water partition coefficient (Wildman–Crippen LogP) is 3.29. The largest absolute Gasteiger partial charge is 0.458 e. The van der Waals surface area contributed by atoms with Crippen molar-refractivity contribution in [2.24, 2.45) is 0 Å². The van der Waals surface area contributed by atoms with Gasteiger partial charge in [-0.25, -0.2) is 9.59 Å². The van der Waals surface area contributed by atoms with E-state index in [0.717, 1.165) is 10.8 Å². The summed E-state index contributed by atoms with van der Waals surface area (Å²) in [6.07, 6.45) is 1.44. The summed E-state index contributed by atoms with van der Waals surface area (Å²) in [4.78, 5) is 23.8. The van der Waals surface area contributed by atoms with Gasteiger partial charge in [-0.2, -0.15) is 0 Å². The molecular weight excluding hydrogens is 268 g/mol. The third kappa shape index (κ3) is 2.31. The molecule has 0 spiro atoms. The van der Waals surface area contributed by atoms with Crippen LogP contribution in [0.25, 0.3) is 21.7 Å². The Morgan fingerprint density at radius 2 is 2.00 bits per heavy atom. The summed E-state index contributed by atoms with van der Waals surface area (Å²) in [6.45, 7) is 3.51. The van der Waals surface area contributed by atoms with Crippen molar-refractivity contribution in [2.45, 2.75) is 0 Å². The molecule has 104 valence electrons. The Bertz CT molecular complexity index is 905. The maximum Gasteiger partial charge on any atom is 0.351 e. The molecule has 0 N–H and O–H groups in total. The van der Waals surface area contributed by atoms with E-state index in [1.54, 1.807) is 6.07 Å². The van der Waals surface area contributed by atoms with Crippen LogP contribution in [0.5, 0.6) is 0 Å². The van der Waals surface area contributed by atoms with E-state index in [1.807, 2.05) is 30.3 Å². The molecule has 21 heavy (non-hydrogen) atoms. The van der Waals surface area contributed by atoms with Crippen molar-refractivity contribution in [2.75, 3.05) is 6.61 Å². The smallest absolute Gasteiger partial charge is 0.351 e. The normalized spacial score (nSPS) is 10.7. The molecule has 0 saturated carbocycles. The summed E-state index contributed by atoms with van der Waals surface area (Å²) >= 11 is 0. The maximum atomic E-state index is 11.9. The van der Waals surface area contributed by atoms with E-state index in [4.69, 9.17) is 9.15 Å². The highest BCUT2D eigenvalue weighted by Gasteiger charge is 2.15. The fourth-order valence-electron chi connectivity index (χ4n) is 2.23. The summed E-state index contributed by atoms with van der Waals surface area (Å²) in [5, 5.41) is 2.62. The number of hydrogen-bond acceptors (Lipinski definition) is 4. The molecule has 1 heterocycles. The topological polar surface area (TPSA) is 56.5 Å². The minimum Gasteiger partial charge on any atom is -0.458 e. The Morgan fingerprint density at radius 3 is 2.81 bits per heavy atom. The van der Waals surface area contributed by atoms with Crippen LogP contribution in [0, 0.1) is 0 Å². The van der Waals surface area contributed by atoms with Crippen molar-refractivity contribution in [1.82, 2.24) is 0 Å². The van der Waals surface area contributed by atoms with E-state index in [9.17, 15) is 9.59 Å². The molecule has 4 heteroatoms. The van der Waals surface area contributed by atoms with E-state index >= 15 is 0 Å². The van der Waals surface area contributed by atoms with Gasteiger partial charge in [-0.05, 0) is 22.9 Å².